The van der Waals surface area contributed by atoms with Gasteiger partial charge in [-0.3, -0.25) is 14.4 Å². The van der Waals surface area contributed by atoms with Crippen molar-refractivity contribution in [3.05, 3.63) is 35.9 Å². The van der Waals surface area contributed by atoms with E-state index in [1.165, 1.54) is 77.0 Å². The SMILES string of the molecule is CCCCCCCCCCCCCCCCCC(=O)OC(C(=O)ON1C(=O)CCC1=O)c1ccccc1. The van der Waals surface area contributed by atoms with Crippen LogP contribution in [-0.4, -0.2) is 28.8 Å². The van der Waals surface area contributed by atoms with Crippen LogP contribution in [0.3, 0.4) is 0 Å². The van der Waals surface area contributed by atoms with E-state index in [-0.39, 0.29) is 19.3 Å². The summed E-state index contributed by atoms with van der Waals surface area (Å²) in [5.74, 6) is -2.61. The summed E-state index contributed by atoms with van der Waals surface area (Å²) in [5, 5.41) is 0.473. The molecule has 2 amide bonds. The second kappa shape index (κ2) is 18.5. The Labute approximate surface area is 222 Å². The Hall–Kier alpha value is -2.70. The fourth-order valence-corrected chi connectivity index (χ4v) is 4.51. The first-order valence-electron chi connectivity index (χ1n) is 14.3. The molecule has 1 saturated heterocycles. The fraction of sp³-hybridized carbons (Fsp3) is 0.667. The van der Waals surface area contributed by atoms with E-state index in [1.807, 2.05) is 0 Å². The Morgan fingerprint density at radius 3 is 1.68 bits per heavy atom. The lowest BCUT2D eigenvalue weighted by atomic mass is 10.0. The molecule has 1 unspecified atom stereocenters. The third kappa shape index (κ3) is 12.4. The van der Waals surface area contributed by atoms with E-state index in [1.54, 1.807) is 30.3 Å². The average Bonchev–Trinajstić information content (AvgIpc) is 3.22. The van der Waals surface area contributed by atoms with Crippen LogP contribution in [0, 0.1) is 0 Å². The van der Waals surface area contributed by atoms with Crippen LogP contribution < -0.4 is 0 Å². The van der Waals surface area contributed by atoms with Crippen molar-refractivity contribution in [2.45, 2.75) is 129 Å². The minimum absolute atomic E-state index is 0.00109. The van der Waals surface area contributed by atoms with Gasteiger partial charge in [0.2, 0.25) is 6.10 Å². The molecule has 0 bridgehead atoms. The molecular formula is C30H45NO6. The summed E-state index contributed by atoms with van der Waals surface area (Å²) in [5.41, 5.74) is 0.427. The lowest BCUT2D eigenvalue weighted by Crippen LogP contribution is -2.35. The molecule has 1 aliphatic heterocycles. The van der Waals surface area contributed by atoms with Crippen LogP contribution in [0.4, 0.5) is 0 Å². The smallest absolute Gasteiger partial charge is 0.378 e. The van der Waals surface area contributed by atoms with Crippen molar-refractivity contribution in [2.75, 3.05) is 0 Å². The molecule has 0 N–H and O–H groups in total. The van der Waals surface area contributed by atoms with Gasteiger partial charge in [-0.05, 0) is 6.42 Å². The van der Waals surface area contributed by atoms with Gasteiger partial charge in [0.1, 0.15) is 0 Å². The molecule has 0 aromatic heterocycles. The number of rotatable bonds is 20. The molecule has 0 aliphatic carbocycles. The number of unbranched alkanes of at least 4 members (excludes halogenated alkanes) is 14. The molecule has 1 aromatic rings. The van der Waals surface area contributed by atoms with Crippen molar-refractivity contribution < 1.29 is 28.8 Å². The predicted octanol–water partition coefficient (Wildman–Crippen LogP) is 7.14. The van der Waals surface area contributed by atoms with E-state index >= 15 is 0 Å². The molecule has 37 heavy (non-hydrogen) atoms. The molecule has 1 aromatic carbocycles. The molecule has 206 valence electrons. The number of amides is 2. The predicted molar refractivity (Wildman–Crippen MR) is 142 cm³/mol. The Kier molecular flexibility index (Phi) is 15.3. The summed E-state index contributed by atoms with van der Waals surface area (Å²) in [6.45, 7) is 2.25. The van der Waals surface area contributed by atoms with E-state index in [0.717, 1.165) is 12.8 Å². The van der Waals surface area contributed by atoms with Crippen molar-refractivity contribution >= 4 is 23.8 Å². The Morgan fingerprint density at radius 1 is 0.730 bits per heavy atom. The first-order chi connectivity index (χ1) is 18.0. The molecule has 0 saturated carbocycles. The fourth-order valence-electron chi connectivity index (χ4n) is 4.51. The number of ether oxygens (including phenoxy) is 1. The van der Waals surface area contributed by atoms with Crippen LogP contribution in [0.5, 0.6) is 0 Å². The maximum atomic E-state index is 12.7. The van der Waals surface area contributed by atoms with Crippen molar-refractivity contribution in [3.8, 4) is 0 Å². The van der Waals surface area contributed by atoms with E-state index < -0.39 is 29.9 Å². The zero-order valence-electron chi connectivity index (χ0n) is 22.6. The van der Waals surface area contributed by atoms with Gasteiger partial charge in [-0.25, -0.2) is 4.79 Å². The third-order valence-electron chi connectivity index (χ3n) is 6.74. The zero-order chi connectivity index (χ0) is 26.7. The summed E-state index contributed by atoms with van der Waals surface area (Å²) in [7, 11) is 0. The van der Waals surface area contributed by atoms with Crippen LogP contribution in [-0.2, 0) is 28.8 Å². The average molecular weight is 516 g/mol. The Balaban J connectivity index is 1.59. The van der Waals surface area contributed by atoms with Crippen LogP contribution in [0.15, 0.2) is 30.3 Å². The molecule has 0 spiro atoms. The zero-order valence-corrected chi connectivity index (χ0v) is 22.6. The number of carbonyl (C=O) groups excluding carboxylic acids is 4. The van der Waals surface area contributed by atoms with Gasteiger partial charge in [0.25, 0.3) is 11.8 Å². The van der Waals surface area contributed by atoms with Gasteiger partial charge in [-0.1, -0.05) is 127 Å². The number of hydrogen-bond acceptors (Lipinski definition) is 6. The highest BCUT2D eigenvalue weighted by atomic mass is 16.7. The number of benzene rings is 1. The van der Waals surface area contributed by atoms with Gasteiger partial charge in [0.05, 0.1) is 0 Å². The first-order valence-corrected chi connectivity index (χ1v) is 14.3. The molecule has 1 fully saturated rings. The molecule has 1 aliphatic rings. The van der Waals surface area contributed by atoms with Gasteiger partial charge in [-0.15, -0.1) is 5.06 Å². The van der Waals surface area contributed by atoms with Crippen LogP contribution in [0.25, 0.3) is 0 Å². The van der Waals surface area contributed by atoms with Gasteiger partial charge >= 0.3 is 11.9 Å². The van der Waals surface area contributed by atoms with Gasteiger partial charge in [0.15, 0.2) is 0 Å². The van der Waals surface area contributed by atoms with Crippen molar-refractivity contribution in [2.24, 2.45) is 0 Å². The topological polar surface area (TPSA) is 90.0 Å². The maximum absolute atomic E-state index is 12.7. The Bertz CT molecular complexity index is 809. The van der Waals surface area contributed by atoms with Crippen LogP contribution in [0.2, 0.25) is 0 Å². The Morgan fingerprint density at radius 2 is 1.19 bits per heavy atom. The van der Waals surface area contributed by atoms with Gasteiger partial charge in [-0.2, -0.15) is 0 Å². The minimum atomic E-state index is -1.33. The molecule has 2 rings (SSSR count). The number of esters is 1. The summed E-state index contributed by atoms with van der Waals surface area (Å²) in [4.78, 5) is 53.7. The highest BCUT2D eigenvalue weighted by molar-refractivity contribution is 6.01. The lowest BCUT2D eigenvalue weighted by Gasteiger charge is -2.19. The van der Waals surface area contributed by atoms with Crippen molar-refractivity contribution in [3.63, 3.8) is 0 Å². The van der Waals surface area contributed by atoms with E-state index in [9.17, 15) is 19.2 Å². The third-order valence-corrected chi connectivity index (χ3v) is 6.74. The standard InChI is InChI=1S/C30H45NO6/c1-2-3-4-5-6-7-8-9-10-11-12-13-14-15-19-22-28(34)36-29(25-20-17-16-18-21-25)30(35)37-31-26(32)23-24-27(31)33/h16-18,20-21,29H,2-15,19,22-24H2,1H3. The molecule has 1 heterocycles. The highest BCUT2D eigenvalue weighted by Gasteiger charge is 2.36. The number of hydroxylamine groups is 2. The monoisotopic (exact) mass is 515 g/mol. The molecule has 7 nitrogen and oxygen atoms in total. The number of imide groups is 1. The highest BCUT2D eigenvalue weighted by Crippen LogP contribution is 2.23. The van der Waals surface area contributed by atoms with E-state index in [4.69, 9.17) is 9.57 Å². The van der Waals surface area contributed by atoms with Crippen molar-refractivity contribution in [1.29, 1.82) is 0 Å². The summed E-state index contributed by atoms with van der Waals surface area (Å²) in [6, 6.07) is 8.48. The van der Waals surface area contributed by atoms with Crippen LogP contribution >= 0.6 is 0 Å². The second-order valence-corrected chi connectivity index (χ2v) is 9.97. The molecule has 7 heteroatoms. The van der Waals surface area contributed by atoms with Gasteiger partial charge < -0.3 is 9.57 Å². The lowest BCUT2D eigenvalue weighted by molar-refractivity contribution is -0.206. The van der Waals surface area contributed by atoms with Crippen LogP contribution in [0.1, 0.15) is 134 Å². The normalized spacial score (nSPS) is 14.1. The summed E-state index contributed by atoms with van der Waals surface area (Å²) < 4.78 is 5.44. The second-order valence-electron chi connectivity index (χ2n) is 9.97. The maximum Gasteiger partial charge on any atom is 0.378 e. The molecule has 0 radical (unpaired) electrons. The number of hydrogen-bond donors (Lipinski definition) is 0. The molecule has 1 atom stereocenters. The van der Waals surface area contributed by atoms with Gasteiger partial charge in [0, 0.05) is 24.8 Å². The minimum Gasteiger partial charge on any atom is -0.445 e. The summed E-state index contributed by atoms with van der Waals surface area (Å²) in [6.07, 6.45) is 17.5. The van der Waals surface area contributed by atoms with E-state index in [2.05, 4.69) is 6.92 Å². The largest absolute Gasteiger partial charge is 0.445 e. The first kappa shape index (κ1) is 30.5. The quantitative estimate of drug-likeness (QED) is 0.104. The van der Waals surface area contributed by atoms with Crippen molar-refractivity contribution in [1.82, 2.24) is 5.06 Å². The number of carbonyl (C=O) groups is 4. The number of nitrogens with zero attached hydrogens (tertiary/aromatic N) is 1. The molecular weight excluding hydrogens is 470 g/mol. The van der Waals surface area contributed by atoms with E-state index in [0.29, 0.717) is 17.0 Å². The summed E-state index contributed by atoms with van der Waals surface area (Å²) >= 11 is 0.